The summed E-state index contributed by atoms with van der Waals surface area (Å²) in [4.78, 5) is 0. The standard InChI is InChI=1S/C12H21O9/c1-4-7(14)10(17)11(18)12(20-4)21-6-3-19-5(2-13)8(15)9(6)16/h3-18H,2H2,1H3/t4-,5+,6-,7+,8-,9+,10+,11-,12-/m0/s1/i18+0. The van der Waals surface area contributed by atoms with Gasteiger partial charge in [0.15, 0.2) is 6.29 Å². The minimum atomic E-state index is -1.52. The van der Waals surface area contributed by atoms with Gasteiger partial charge in [0.2, 0.25) is 0 Å². The number of hydrogen-bond donors (Lipinski definition) is 6. The molecule has 9 heteroatoms. The largest absolute Gasteiger partial charge is 0.394 e. The summed E-state index contributed by atoms with van der Waals surface area (Å²) in [6.07, 6.45) is -11.2. The van der Waals surface area contributed by atoms with Crippen LogP contribution in [-0.2, 0) is 14.2 Å². The van der Waals surface area contributed by atoms with E-state index in [2.05, 4.69) is 0 Å². The minimum Gasteiger partial charge on any atom is -0.394 e. The highest BCUT2D eigenvalue weighted by molar-refractivity contribution is 4.94. The molecule has 0 aromatic carbocycles. The monoisotopic (exact) mass is 309 g/mol. The van der Waals surface area contributed by atoms with Crippen LogP contribution in [0.2, 0.25) is 0 Å². The second-order valence-corrected chi connectivity index (χ2v) is 5.26. The van der Waals surface area contributed by atoms with Gasteiger partial charge in [-0.15, -0.1) is 0 Å². The second-order valence-electron chi connectivity index (χ2n) is 5.26. The fourth-order valence-electron chi connectivity index (χ4n) is 2.30. The molecule has 2 saturated heterocycles. The highest BCUT2D eigenvalue weighted by Crippen LogP contribution is 2.27. The van der Waals surface area contributed by atoms with E-state index in [9.17, 15) is 25.5 Å². The Morgan fingerprint density at radius 2 is 1.62 bits per heavy atom. The van der Waals surface area contributed by atoms with E-state index in [-0.39, 0.29) is 0 Å². The number of hydrogen-bond acceptors (Lipinski definition) is 9. The molecule has 21 heavy (non-hydrogen) atoms. The molecule has 2 fully saturated rings. The molecule has 2 aliphatic rings. The zero-order valence-electron chi connectivity index (χ0n) is 11.4. The lowest BCUT2D eigenvalue weighted by molar-refractivity contribution is -0.319. The molecule has 0 unspecified atom stereocenters. The van der Waals surface area contributed by atoms with Crippen LogP contribution < -0.4 is 0 Å². The predicted octanol–water partition coefficient (Wildman–Crippen LogP) is -3.53. The van der Waals surface area contributed by atoms with E-state index in [0.717, 1.165) is 6.61 Å². The Morgan fingerprint density at radius 3 is 2.24 bits per heavy atom. The van der Waals surface area contributed by atoms with Crippen molar-refractivity contribution in [3.05, 3.63) is 6.61 Å². The molecule has 2 rings (SSSR count). The molecule has 2 heterocycles. The third-order valence-electron chi connectivity index (χ3n) is 3.73. The minimum absolute atomic E-state index is 0.480. The van der Waals surface area contributed by atoms with E-state index in [1.54, 1.807) is 0 Å². The van der Waals surface area contributed by atoms with Gasteiger partial charge in [-0.1, -0.05) is 0 Å². The lowest BCUT2D eigenvalue weighted by Crippen LogP contribution is -2.60. The van der Waals surface area contributed by atoms with Gasteiger partial charge in [-0.3, -0.25) is 0 Å². The topological polar surface area (TPSA) is 149 Å². The van der Waals surface area contributed by atoms with E-state index in [0.29, 0.717) is 0 Å². The molecule has 9 nitrogen and oxygen atoms in total. The molecular weight excluding hydrogens is 288 g/mol. The van der Waals surface area contributed by atoms with E-state index >= 15 is 0 Å². The summed E-state index contributed by atoms with van der Waals surface area (Å²) in [5.41, 5.74) is 0. The molecular formula is C12H21O9. The third-order valence-corrected chi connectivity index (χ3v) is 3.73. The second kappa shape index (κ2) is 6.82. The highest BCUT2D eigenvalue weighted by atomic mass is 16.7. The van der Waals surface area contributed by atoms with E-state index < -0.39 is 61.7 Å². The maximum Gasteiger partial charge on any atom is 0.187 e. The quantitative estimate of drug-likeness (QED) is 0.312. The van der Waals surface area contributed by atoms with Gasteiger partial charge in [-0.05, 0) is 6.92 Å². The van der Waals surface area contributed by atoms with E-state index in [1.165, 1.54) is 6.92 Å². The third kappa shape index (κ3) is 3.36. The maximum absolute atomic E-state index is 9.89. The van der Waals surface area contributed by atoms with Gasteiger partial charge < -0.3 is 44.8 Å². The first-order chi connectivity index (χ1) is 9.86. The van der Waals surface area contributed by atoms with Gasteiger partial charge >= 0.3 is 0 Å². The molecule has 2 aliphatic heterocycles. The number of aliphatic hydroxyl groups is 6. The van der Waals surface area contributed by atoms with Crippen molar-refractivity contribution < 1.29 is 44.8 Å². The lowest BCUT2D eigenvalue weighted by Gasteiger charge is -2.42. The molecule has 0 saturated carbocycles. The Kier molecular flexibility index (Phi) is 5.52. The van der Waals surface area contributed by atoms with Gasteiger partial charge in [0.25, 0.3) is 0 Å². The van der Waals surface area contributed by atoms with Crippen LogP contribution in [0.25, 0.3) is 0 Å². The van der Waals surface area contributed by atoms with Crippen LogP contribution in [0.5, 0.6) is 0 Å². The van der Waals surface area contributed by atoms with Gasteiger partial charge in [0.05, 0.1) is 12.7 Å². The first-order valence-electron chi connectivity index (χ1n) is 6.67. The number of aliphatic hydroxyl groups excluding tert-OH is 6. The summed E-state index contributed by atoms with van der Waals surface area (Å²) in [5.74, 6) is 0. The molecule has 1 radical (unpaired) electrons. The Morgan fingerprint density at radius 1 is 0.952 bits per heavy atom. The molecule has 123 valence electrons. The average molecular weight is 309 g/mol. The summed E-state index contributed by atoms with van der Waals surface area (Å²) in [6.45, 7) is 2.09. The summed E-state index contributed by atoms with van der Waals surface area (Å²) < 4.78 is 15.5. The average Bonchev–Trinajstić information content (AvgIpc) is 2.47. The molecule has 0 spiro atoms. The normalized spacial score (nSPS) is 51.9. The van der Waals surface area contributed by atoms with Crippen LogP contribution in [0.15, 0.2) is 0 Å². The van der Waals surface area contributed by atoms with Crippen molar-refractivity contribution in [2.45, 2.75) is 62.0 Å². The van der Waals surface area contributed by atoms with Gasteiger partial charge in [-0.2, -0.15) is 0 Å². The first-order valence-corrected chi connectivity index (χ1v) is 6.67. The smallest absolute Gasteiger partial charge is 0.187 e. The number of ether oxygens (including phenoxy) is 3. The van der Waals surface area contributed by atoms with Gasteiger partial charge in [-0.25, -0.2) is 0 Å². The van der Waals surface area contributed by atoms with Crippen LogP contribution in [-0.4, -0.2) is 92.4 Å². The van der Waals surface area contributed by atoms with Gasteiger partial charge in [0.1, 0.15) is 49.3 Å². The maximum atomic E-state index is 9.89. The Labute approximate surface area is 121 Å². The summed E-state index contributed by atoms with van der Waals surface area (Å²) in [7, 11) is 0. The van der Waals surface area contributed by atoms with Crippen LogP contribution in [0.3, 0.4) is 0 Å². The lowest BCUT2D eigenvalue weighted by atomic mass is 9.98. The summed E-state index contributed by atoms with van der Waals surface area (Å²) in [6, 6.07) is 0. The number of rotatable bonds is 3. The van der Waals surface area contributed by atoms with Crippen LogP contribution in [0.4, 0.5) is 0 Å². The summed E-state index contributed by atoms with van der Waals surface area (Å²) in [5, 5.41) is 57.6. The Bertz CT molecular complexity index is 341. The van der Waals surface area contributed by atoms with Crippen LogP contribution in [0, 0.1) is 6.61 Å². The molecule has 6 N–H and O–H groups in total. The van der Waals surface area contributed by atoms with Crippen molar-refractivity contribution in [2.24, 2.45) is 0 Å². The van der Waals surface area contributed by atoms with E-state index in [4.69, 9.17) is 19.3 Å². The van der Waals surface area contributed by atoms with Crippen molar-refractivity contribution in [3.63, 3.8) is 0 Å². The van der Waals surface area contributed by atoms with Crippen LogP contribution in [0.1, 0.15) is 6.92 Å². The van der Waals surface area contributed by atoms with Crippen LogP contribution >= 0.6 is 0 Å². The molecule has 0 aromatic heterocycles. The fraction of sp³-hybridized carbons (Fsp3) is 0.917. The van der Waals surface area contributed by atoms with Crippen molar-refractivity contribution in [2.75, 3.05) is 6.61 Å². The molecule has 0 bridgehead atoms. The molecule has 0 aliphatic carbocycles. The molecule has 0 aromatic rings. The Balaban J connectivity index is 1.98. The van der Waals surface area contributed by atoms with Crippen molar-refractivity contribution in [1.82, 2.24) is 0 Å². The predicted molar refractivity (Wildman–Crippen MR) is 65.5 cm³/mol. The fourth-order valence-corrected chi connectivity index (χ4v) is 2.30. The summed E-state index contributed by atoms with van der Waals surface area (Å²) >= 11 is 0. The first kappa shape index (κ1) is 17.0. The zero-order chi connectivity index (χ0) is 15.7. The molecule has 0 amide bonds. The zero-order valence-corrected chi connectivity index (χ0v) is 11.4. The van der Waals surface area contributed by atoms with Crippen molar-refractivity contribution in [3.8, 4) is 0 Å². The van der Waals surface area contributed by atoms with Crippen molar-refractivity contribution >= 4 is 0 Å². The molecule has 9 atom stereocenters. The van der Waals surface area contributed by atoms with Gasteiger partial charge in [0, 0.05) is 0 Å². The van der Waals surface area contributed by atoms with E-state index in [1.807, 2.05) is 0 Å². The van der Waals surface area contributed by atoms with Crippen molar-refractivity contribution in [1.29, 1.82) is 0 Å². The Hall–Kier alpha value is -0.360. The highest BCUT2D eigenvalue weighted by Gasteiger charge is 2.46. The SMILES string of the molecule is C[C@@H]1O[C@@H](O[C@H]2[CH]O[C@H](CO)[C@H](O)[C@@H]2O)[C@@H]([16OH])[C@H](O)[C@@H]1O.